The lowest BCUT2D eigenvalue weighted by atomic mass is 10.2. The Morgan fingerprint density at radius 1 is 1.57 bits per heavy atom. The number of ketones is 1. The Labute approximate surface area is 88.1 Å². The number of rotatable bonds is 1. The fraction of sp³-hybridized carbons (Fsp3) is 0.125. The first kappa shape index (κ1) is 9.14. The summed E-state index contributed by atoms with van der Waals surface area (Å²) >= 11 is 3.23. The summed E-state index contributed by atoms with van der Waals surface area (Å²) in [6.45, 7) is 1.45. The summed E-state index contributed by atoms with van der Waals surface area (Å²) in [4.78, 5) is 19.2. The number of hydrogen-bond donors (Lipinski definition) is 1. The maximum atomic E-state index is 11.2. The molecular weight excluding hydrogens is 248 g/mol. The van der Waals surface area contributed by atoms with Gasteiger partial charge in [-0.15, -0.1) is 0 Å². The number of hydrogen-bond acceptors (Lipinski definition) is 4. The molecule has 0 fully saturated rings. The van der Waals surface area contributed by atoms with Crippen molar-refractivity contribution in [2.45, 2.75) is 6.92 Å². The van der Waals surface area contributed by atoms with Crippen LogP contribution in [0.5, 0.6) is 0 Å². The van der Waals surface area contributed by atoms with Crippen LogP contribution in [0.15, 0.2) is 17.1 Å². The lowest BCUT2D eigenvalue weighted by Gasteiger charge is -2.03. The van der Waals surface area contributed by atoms with Crippen molar-refractivity contribution in [1.29, 1.82) is 0 Å². The molecule has 0 amide bonds. The van der Waals surface area contributed by atoms with Crippen LogP contribution in [0.2, 0.25) is 0 Å². The number of nitrogen functional groups attached to an aromatic ring is 1. The molecular formula is C8H7BrN4O. The first-order chi connectivity index (χ1) is 6.61. The van der Waals surface area contributed by atoms with E-state index in [0.29, 0.717) is 21.6 Å². The maximum Gasteiger partial charge on any atom is 0.172 e. The van der Waals surface area contributed by atoms with E-state index in [9.17, 15) is 4.79 Å². The summed E-state index contributed by atoms with van der Waals surface area (Å²) in [5, 5.41) is 0. The Morgan fingerprint density at radius 3 is 2.93 bits per heavy atom. The highest BCUT2D eigenvalue weighted by molar-refractivity contribution is 9.10. The number of imidazole rings is 1. The van der Waals surface area contributed by atoms with Crippen molar-refractivity contribution in [3.8, 4) is 0 Å². The van der Waals surface area contributed by atoms with Gasteiger partial charge in [0, 0.05) is 6.20 Å². The molecule has 0 aliphatic carbocycles. The van der Waals surface area contributed by atoms with Gasteiger partial charge in [0.15, 0.2) is 16.0 Å². The topological polar surface area (TPSA) is 73.3 Å². The van der Waals surface area contributed by atoms with Gasteiger partial charge in [-0.2, -0.15) is 0 Å². The van der Waals surface area contributed by atoms with E-state index in [1.807, 2.05) is 0 Å². The summed E-state index contributed by atoms with van der Waals surface area (Å²) in [7, 11) is 0. The zero-order valence-corrected chi connectivity index (χ0v) is 8.95. The Balaban J connectivity index is 2.82. The van der Waals surface area contributed by atoms with Gasteiger partial charge in [0.1, 0.15) is 12.1 Å². The molecule has 0 bridgehead atoms. The quantitative estimate of drug-likeness (QED) is 0.779. The number of nitrogens with zero attached hydrogens (tertiary/aromatic N) is 3. The fourth-order valence-electron chi connectivity index (χ4n) is 1.20. The molecule has 2 heterocycles. The average molecular weight is 255 g/mol. The highest BCUT2D eigenvalue weighted by atomic mass is 79.9. The Bertz CT molecular complexity index is 519. The van der Waals surface area contributed by atoms with Crippen LogP contribution in [-0.2, 0) is 0 Å². The molecule has 0 atom stereocenters. The Hall–Kier alpha value is -1.43. The zero-order valence-electron chi connectivity index (χ0n) is 7.36. The van der Waals surface area contributed by atoms with Crippen molar-refractivity contribution in [2.24, 2.45) is 0 Å². The number of carbonyl (C=O) groups is 1. The summed E-state index contributed by atoms with van der Waals surface area (Å²) in [5.74, 6) is 0.252. The van der Waals surface area contributed by atoms with E-state index in [-0.39, 0.29) is 5.78 Å². The van der Waals surface area contributed by atoms with E-state index in [1.54, 1.807) is 4.40 Å². The van der Waals surface area contributed by atoms with Gasteiger partial charge >= 0.3 is 0 Å². The molecule has 2 aromatic heterocycles. The van der Waals surface area contributed by atoms with Gasteiger partial charge in [-0.3, -0.25) is 9.20 Å². The van der Waals surface area contributed by atoms with Crippen molar-refractivity contribution < 1.29 is 4.79 Å². The van der Waals surface area contributed by atoms with E-state index in [1.165, 1.54) is 19.4 Å². The molecule has 0 aromatic carbocycles. The SMILES string of the molecule is CC(=O)c1cnc2c(Br)ncn2c1N. The lowest BCUT2D eigenvalue weighted by Crippen LogP contribution is -2.06. The molecule has 0 saturated carbocycles. The minimum absolute atomic E-state index is 0.110. The number of halogens is 1. The van der Waals surface area contributed by atoms with E-state index in [2.05, 4.69) is 25.9 Å². The van der Waals surface area contributed by atoms with Crippen LogP contribution in [-0.4, -0.2) is 20.2 Å². The monoisotopic (exact) mass is 254 g/mol. The van der Waals surface area contributed by atoms with E-state index >= 15 is 0 Å². The van der Waals surface area contributed by atoms with Crippen LogP contribution in [0.1, 0.15) is 17.3 Å². The predicted molar refractivity (Wildman–Crippen MR) is 55.1 cm³/mol. The van der Waals surface area contributed by atoms with Crippen LogP contribution < -0.4 is 5.73 Å². The molecule has 72 valence electrons. The summed E-state index contributed by atoms with van der Waals surface area (Å²) < 4.78 is 2.18. The second kappa shape index (κ2) is 3.06. The summed E-state index contributed by atoms with van der Waals surface area (Å²) in [6.07, 6.45) is 2.98. The van der Waals surface area contributed by atoms with E-state index in [4.69, 9.17) is 5.73 Å². The van der Waals surface area contributed by atoms with Crippen LogP contribution in [0.3, 0.4) is 0 Å². The van der Waals surface area contributed by atoms with Gasteiger partial charge in [-0.25, -0.2) is 9.97 Å². The largest absolute Gasteiger partial charge is 0.384 e. The molecule has 0 aliphatic rings. The molecule has 0 aliphatic heterocycles. The van der Waals surface area contributed by atoms with Gasteiger partial charge in [0.25, 0.3) is 0 Å². The molecule has 14 heavy (non-hydrogen) atoms. The van der Waals surface area contributed by atoms with E-state index < -0.39 is 0 Å². The molecule has 0 radical (unpaired) electrons. The third-order valence-corrected chi connectivity index (χ3v) is 2.49. The maximum absolute atomic E-state index is 11.2. The van der Waals surface area contributed by atoms with E-state index in [0.717, 1.165) is 0 Å². The molecule has 0 unspecified atom stereocenters. The normalized spacial score (nSPS) is 10.7. The Morgan fingerprint density at radius 2 is 2.29 bits per heavy atom. The number of fused-ring (bicyclic) bond motifs is 1. The fourth-order valence-corrected chi connectivity index (χ4v) is 1.59. The highest BCUT2D eigenvalue weighted by Crippen LogP contribution is 2.19. The minimum Gasteiger partial charge on any atom is -0.384 e. The number of nitrogens with two attached hydrogens (primary N) is 1. The van der Waals surface area contributed by atoms with Crippen molar-refractivity contribution in [3.63, 3.8) is 0 Å². The van der Waals surface area contributed by atoms with Crippen molar-refractivity contribution in [1.82, 2.24) is 14.4 Å². The van der Waals surface area contributed by atoms with Gasteiger partial charge in [0.2, 0.25) is 0 Å². The second-order valence-corrected chi connectivity index (χ2v) is 3.59. The van der Waals surface area contributed by atoms with Gasteiger partial charge < -0.3 is 5.73 Å². The summed E-state index contributed by atoms with van der Waals surface area (Å²) in [6, 6.07) is 0. The first-order valence-electron chi connectivity index (χ1n) is 3.89. The smallest absolute Gasteiger partial charge is 0.172 e. The third kappa shape index (κ3) is 1.19. The van der Waals surface area contributed by atoms with Crippen molar-refractivity contribution in [3.05, 3.63) is 22.7 Å². The standard InChI is InChI=1S/C8H7BrN4O/c1-4(14)5-2-11-8-6(9)12-3-13(8)7(5)10/h2-3H,10H2,1H3. The van der Waals surface area contributed by atoms with Gasteiger partial charge in [-0.05, 0) is 22.9 Å². The number of anilines is 1. The van der Waals surface area contributed by atoms with Crippen molar-refractivity contribution >= 4 is 33.2 Å². The number of carbonyl (C=O) groups excluding carboxylic acids is 1. The number of aromatic nitrogens is 3. The third-order valence-electron chi connectivity index (χ3n) is 1.93. The van der Waals surface area contributed by atoms with Crippen LogP contribution in [0.25, 0.3) is 5.65 Å². The molecule has 2 aromatic rings. The zero-order chi connectivity index (χ0) is 10.3. The summed E-state index contributed by atoms with van der Waals surface area (Å²) in [5.41, 5.74) is 6.78. The molecule has 0 saturated heterocycles. The minimum atomic E-state index is -0.110. The lowest BCUT2D eigenvalue weighted by molar-refractivity contribution is 0.101. The van der Waals surface area contributed by atoms with Crippen molar-refractivity contribution in [2.75, 3.05) is 5.73 Å². The molecule has 5 nitrogen and oxygen atoms in total. The Kier molecular flexibility index (Phi) is 1.99. The molecule has 0 spiro atoms. The van der Waals surface area contributed by atoms with Crippen LogP contribution in [0, 0.1) is 0 Å². The molecule has 6 heteroatoms. The highest BCUT2D eigenvalue weighted by Gasteiger charge is 2.11. The molecule has 2 N–H and O–H groups in total. The molecule has 2 rings (SSSR count). The van der Waals surface area contributed by atoms with Gasteiger partial charge in [0.05, 0.1) is 5.56 Å². The number of Topliss-reactive ketones (excluding diaryl/α,β-unsaturated/α-hetero) is 1. The first-order valence-corrected chi connectivity index (χ1v) is 4.68. The van der Waals surface area contributed by atoms with Gasteiger partial charge in [-0.1, -0.05) is 0 Å². The second-order valence-electron chi connectivity index (χ2n) is 2.84. The predicted octanol–water partition coefficient (Wildman–Crippen LogP) is 1.28. The average Bonchev–Trinajstić information content (AvgIpc) is 2.49. The van der Waals surface area contributed by atoms with Crippen LogP contribution in [0.4, 0.5) is 5.82 Å². The van der Waals surface area contributed by atoms with Crippen LogP contribution >= 0.6 is 15.9 Å².